The van der Waals surface area contributed by atoms with E-state index in [0.29, 0.717) is 18.2 Å². The molecule has 1 saturated heterocycles. The van der Waals surface area contributed by atoms with E-state index in [1.807, 2.05) is 0 Å². The Kier molecular flexibility index (Phi) is 9.01. The molecule has 1 aliphatic rings. The van der Waals surface area contributed by atoms with Crippen LogP contribution < -0.4 is 20.1 Å². The fourth-order valence-electron chi connectivity index (χ4n) is 4.54. The van der Waals surface area contributed by atoms with Crippen LogP contribution in [0, 0.1) is 23.4 Å². The van der Waals surface area contributed by atoms with E-state index in [1.54, 1.807) is 22.9 Å². The van der Waals surface area contributed by atoms with Gasteiger partial charge in [-0.15, -0.1) is 0 Å². The Hall–Kier alpha value is -4.37. The average molecular weight is 621 g/mol. The maximum Gasteiger partial charge on any atom is 0.242 e. The van der Waals surface area contributed by atoms with Crippen molar-refractivity contribution in [3.63, 3.8) is 0 Å². The molecule has 4 aromatic rings. The van der Waals surface area contributed by atoms with Crippen molar-refractivity contribution >= 4 is 21.7 Å². The monoisotopic (exact) mass is 620 g/mol. The summed E-state index contributed by atoms with van der Waals surface area (Å²) in [7, 11) is -4.30. The third kappa shape index (κ3) is 7.35. The van der Waals surface area contributed by atoms with Gasteiger partial charge in [0.15, 0.2) is 17.4 Å². The lowest BCUT2D eigenvalue weighted by atomic mass is 9.96. The summed E-state index contributed by atoms with van der Waals surface area (Å²) < 4.78 is 103. The molecule has 3 N–H and O–H groups in total. The van der Waals surface area contributed by atoms with E-state index in [-0.39, 0.29) is 42.1 Å². The number of hydrogen-bond acceptors (Lipinski definition) is 8. The quantitative estimate of drug-likeness (QED) is 0.161. The lowest BCUT2D eigenvalue weighted by Gasteiger charge is -2.30. The van der Waals surface area contributed by atoms with Gasteiger partial charge in [0.25, 0.3) is 0 Å². The second-order valence-electron chi connectivity index (χ2n) is 9.76. The zero-order chi connectivity index (χ0) is 30.6. The van der Waals surface area contributed by atoms with Gasteiger partial charge >= 0.3 is 0 Å². The van der Waals surface area contributed by atoms with E-state index in [9.17, 15) is 26.0 Å². The number of benzene rings is 2. The van der Waals surface area contributed by atoms with Crippen molar-refractivity contribution in [3.8, 4) is 22.9 Å². The number of aromatic nitrogens is 3. The van der Waals surface area contributed by atoms with Crippen molar-refractivity contribution in [3.05, 3.63) is 90.0 Å². The highest BCUT2D eigenvalue weighted by atomic mass is 32.2. The first-order valence-electron chi connectivity index (χ1n) is 13.0. The number of nitrogens with one attached hydrogen (secondary N) is 3. The zero-order valence-electron chi connectivity index (χ0n) is 22.3. The predicted octanol–water partition coefficient (Wildman–Crippen LogP) is 5.35. The van der Waals surface area contributed by atoms with Gasteiger partial charge < -0.3 is 15.4 Å². The van der Waals surface area contributed by atoms with Crippen LogP contribution in [0.4, 0.5) is 33.6 Å². The van der Waals surface area contributed by atoms with Crippen LogP contribution in [0.5, 0.6) is 11.6 Å². The fourth-order valence-corrected chi connectivity index (χ4v) is 5.74. The van der Waals surface area contributed by atoms with Gasteiger partial charge in [-0.05, 0) is 30.2 Å². The minimum absolute atomic E-state index is 0.129. The van der Waals surface area contributed by atoms with E-state index in [2.05, 4.69) is 25.6 Å². The lowest BCUT2D eigenvalue weighted by molar-refractivity contribution is 0.0606. The van der Waals surface area contributed by atoms with Gasteiger partial charge in [0.05, 0.1) is 17.0 Å². The van der Waals surface area contributed by atoms with Gasteiger partial charge in [-0.1, -0.05) is 30.3 Å². The Morgan fingerprint density at radius 1 is 0.977 bits per heavy atom. The fraction of sp³-hybridized carbons (Fsp3) is 0.250. The normalized spacial score (nSPS) is 17.1. The highest BCUT2D eigenvalue weighted by molar-refractivity contribution is 7.91. The van der Waals surface area contributed by atoms with Crippen molar-refractivity contribution < 1.29 is 35.1 Å². The highest BCUT2D eigenvalue weighted by Gasteiger charge is 2.29. The van der Waals surface area contributed by atoms with Crippen LogP contribution in [-0.2, 0) is 15.8 Å². The first-order chi connectivity index (χ1) is 20.6. The number of hydrogen-bond donors (Lipinski definition) is 3. The average Bonchev–Trinajstić information content (AvgIpc) is 2.99. The Morgan fingerprint density at radius 3 is 2.53 bits per heavy atom. The van der Waals surface area contributed by atoms with E-state index in [1.165, 1.54) is 42.7 Å². The standard InChI is InChI=1S/C28H25F5N6O3S/c29-20-12-22(23(30)24(31)25(20)39-43(40,41)15-16-5-2-1-3-6-16)42-27-19(7-4-9-35-27)21-8-10-36-28(38-21)37-18-11-17(26(32)33)13-34-14-18/h1-10,12,17-18,26,34,39H,11,13-15H2,(H,36,37,38). The maximum atomic E-state index is 15.1. The minimum Gasteiger partial charge on any atom is -0.435 e. The summed E-state index contributed by atoms with van der Waals surface area (Å²) in [5.74, 6) is -7.32. The number of piperidine rings is 1. The van der Waals surface area contributed by atoms with E-state index in [4.69, 9.17) is 4.74 Å². The molecule has 9 nitrogen and oxygen atoms in total. The Balaban J connectivity index is 1.36. The van der Waals surface area contributed by atoms with Crippen molar-refractivity contribution in [2.45, 2.75) is 24.6 Å². The maximum absolute atomic E-state index is 15.1. The Bertz CT molecular complexity index is 1700. The molecule has 0 amide bonds. The first-order valence-corrected chi connectivity index (χ1v) is 14.7. The summed E-state index contributed by atoms with van der Waals surface area (Å²) in [6, 6.07) is 12.6. The van der Waals surface area contributed by atoms with Crippen molar-refractivity contribution in [2.75, 3.05) is 23.1 Å². The van der Waals surface area contributed by atoms with Crippen LogP contribution in [0.3, 0.4) is 0 Å². The van der Waals surface area contributed by atoms with Crippen LogP contribution in [0.15, 0.2) is 67.0 Å². The number of anilines is 2. The molecule has 2 aromatic heterocycles. The number of sulfonamides is 1. The molecular weight excluding hydrogens is 595 g/mol. The van der Waals surface area contributed by atoms with Gasteiger partial charge in [0.1, 0.15) is 5.69 Å². The minimum atomic E-state index is -4.30. The summed E-state index contributed by atoms with van der Waals surface area (Å²) >= 11 is 0. The number of rotatable bonds is 10. The highest BCUT2D eigenvalue weighted by Crippen LogP contribution is 2.36. The van der Waals surface area contributed by atoms with Crippen LogP contribution >= 0.6 is 0 Å². The van der Waals surface area contributed by atoms with Gasteiger partial charge in [0, 0.05) is 43.5 Å². The number of nitrogens with zero attached hydrogens (tertiary/aromatic N) is 3. The van der Waals surface area contributed by atoms with Crippen molar-refractivity contribution in [1.29, 1.82) is 0 Å². The number of ether oxygens (including phenoxy) is 1. The smallest absolute Gasteiger partial charge is 0.242 e. The summed E-state index contributed by atoms with van der Waals surface area (Å²) in [5, 5.41) is 5.96. The second-order valence-corrected chi connectivity index (χ2v) is 11.5. The summed E-state index contributed by atoms with van der Waals surface area (Å²) in [5.41, 5.74) is -0.399. The molecule has 0 spiro atoms. The molecule has 1 fully saturated rings. The molecular formula is C28H25F5N6O3S. The van der Waals surface area contributed by atoms with Gasteiger partial charge in [0.2, 0.25) is 34.1 Å². The molecule has 2 unspecified atom stereocenters. The lowest BCUT2D eigenvalue weighted by Crippen LogP contribution is -2.45. The Labute approximate surface area is 243 Å². The molecule has 226 valence electrons. The van der Waals surface area contributed by atoms with E-state index >= 15 is 4.39 Å². The van der Waals surface area contributed by atoms with Crippen molar-refractivity contribution in [2.24, 2.45) is 5.92 Å². The molecule has 0 bridgehead atoms. The number of pyridine rings is 1. The summed E-state index contributed by atoms with van der Waals surface area (Å²) in [6.45, 7) is 0.623. The number of alkyl halides is 2. The summed E-state index contributed by atoms with van der Waals surface area (Å²) in [6.07, 6.45) is 0.430. The van der Waals surface area contributed by atoms with Gasteiger partial charge in [-0.2, -0.15) is 4.39 Å². The molecule has 43 heavy (non-hydrogen) atoms. The molecule has 1 aliphatic heterocycles. The van der Waals surface area contributed by atoms with Crippen LogP contribution in [-0.4, -0.2) is 48.9 Å². The molecule has 0 saturated carbocycles. The summed E-state index contributed by atoms with van der Waals surface area (Å²) in [4.78, 5) is 12.5. The van der Waals surface area contributed by atoms with Crippen molar-refractivity contribution in [1.82, 2.24) is 20.3 Å². The SMILES string of the molecule is O=S(=O)(Cc1ccccc1)Nc1c(F)cc(Oc2ncccc2-c2ccnc(NC3CNCC(C(F)F)C3)n2)c(F)c1F. The second kappa shape index (κ2) is 12.9. The van der Waals surface area contributed by atoms with E-state index < -0.39 is 57.0 Å². The topological polar surface area (TPSA) is 118 Å². The number of halogens is 5. The zero-order valence-corrected chi connectivity index (χ0v) is 23.1. The first kappa shape index (κ1) is 30.1. The third-order valence-corrected chi connectivity index (χ3v) is 7.79. The van der Waals surface area contributed by atoms with Crippen LogP contribution in [0.1, 0.15) is 12.0 Å². The van der Waals surface area contributed by atoms with Crippen LogP contribution in [0.25, 0.3) is 11.3 Å². The molecule has 15 heteroatoms. The molecule has 0 aliphatic carbocycles. The predicted molar refractivity (Wildman–Crippen MR) is 149 cm³/mol. The third-order valence-electron chi connectivity index (χ3n) is 6.57. The van der Waals surface area contributed by atoms with Gasteiger partial charge in [-0.3, -0.25) is 4.72 Å². The molecule has 2 aromatic carbocycles. The van der Waals surface area contributed by atoms with Gasteiger partial charge in [-0.25, -0.2) is 40.9 Å². The molecule has 3 heterocycles. The van der Waals surface area contributed by atoms with Crippen LogP contribution in [0.2, 0.25) is 0 Å². The Morgan fingerprint density at radius 2 is 1.77 bits per heavy atom. The molecule has 0 radical (unpaired) electrons. The largest absolute Gasteiger partial charge is 0.435 e. The molecule has 2 atom stereocenters. The molecule has 5 rings (SSSR count). The van der Waals surface area contributed by atoms with E-state index in [0.717, 1.165) is 0 Å².